The highest BCUT2D eigenvalue weighted by molar-refractivity contribution is 5.98. The third-order valence-electron chi connectivity index (χ3n) is 4.02. The molecule has 14 nitrogen and oxygen atoms in total. The Labute approximate surface area is 172 Å². The third-order valence-corrected chi connectivity index (χ3v) is 4.02. The van der Waals surface area contributed by atoms with Gasteiger partial charge in [-0.25, -0.2) is 10.1 Å². The van der Waals surface area contributed by atoms with Gasteiger partial charge in [0.1, 0.15) is 5.69 Å². The van der Waals surface area contributed by atoms with Crippen LogP contribution in [-0.2, 0) is 0 Å². The van der Waals surface area contributed by atoms with Crippen molar-refractivity contribution in [2.45, 2.75) is 0 Å². The number of non-ortho nitro benzene ring substituents is 1. The van der Waals surface area contributed by atoms with Gasteiger partial charge in [0.15, 0.2) is 5.69 Å². The fraction of sp³-hybridized carbons (Fsp3) is 0. The van der Waals surface area contributed by atoms with Gasteiger partial charge in [-0.3, -0.25) is 19.9 Å². The normalized spacial score (nSPS) is 11.0. The summed E-state index contributed by atoms with van der Waals surface area (Å²) in [6.45, 7) is 0. The topological polar surface area (TPSA) is 193 Å². The number of pyridine rings is 1. The Bertz CT molecular complexity index is 1260. The Hall–Kier alpha value is -5.01. The average molecular weight is 420 g/mol. The zero-order valence-electron chi connectivity index (χ0n) is 15.5. The van der Waals surface area contributed by atoms with Crippen LogP contribution in [0.1, 0.15) is 16.1 Å². The number of rotatable bonds is 6. The van der Waals surface area contributed by atoms with Gasteiger partial charge >= 0.3 is 0 Å². The van der Waals surface area contributed by atoms with Crippen LogP contribution in [0.2, 0.25) is 0 Å². The maximum atomic E-state index is 12.7. The number of amides is 1. The van der Waals surface area contributed by atoms with Crippen molar-refractivity contribution in [1.82, 2.24) is 35.7 Å². The maximum absolute atomic E-state index is 12.7. The minimum Gasteiger partial charge on any atom is -0.378 e. The van der Waals surface area contributed by atoms with E-state index < -0.39 is 10.8 Å². The molecule has 0 aliphatic heterocycles. The molecule has 4 rings (SSSR count). The van der Waals surface area contributed by atoms with E-state index >= 15 is 0 Å². The Morgan fingerprint density at radius 1 is 1.19 bits per heavy atom. The number of carbonyl (C=O) groups is 1. The lowest BCUT2D eigenvalue weighted by atomic mass is 10.1. The van der Waals surface area contributed by atoms with Gasteiger partial charge in [-0.15, -0.1) is 5.10 Å². The van der Waals surface area contributed by atoms with E-state index in [-0.39, 0.29) is 28.7 Å². The van der Waals surface area contributed by atoms with Gasteiger partial charge in [0.25, 0.3) is 11.6 Å². The third kappa shape index (κ3) is 3.93. The van der Waals surface area contributed by atoms with Crippen LogP contribution in [0.3, 0.4) is 0 Å². The fourth-order valence-electron chi connectivity index (χ4n) is 2.59. The molecule has 0 radical (unpaired) electrons. The molecule has 4 aromatic rings. The van der Waals surface area contributed by atoms with E-state index in [9.17, 15) is 14.9 Å². The van der Waals surface area contributed by atoms with E-state index in [0.717, 1.165) is 10.2 Å². The molecule has 154 valence electrons. The molecule has 1 aromatic carbocycles. The van der Waals surface area contributed by atoms with Gasteiger partial charge in [-0.1, -0.05) is 5.21 Å². The van der Waals surface area contributed by atoms with Crippen LogP contribution in [0.15, 0.2) is 58.5 Å². The number of hydrazone groups is 1. The molecule has 0 aliphatic carbocycles. The predicted octanol–water partition coefficient (Wildman–Crippen LogP) is 0.967. The molecular weight excluding hydrogens is 408 g/mol. The molecule has 0 unspecified atom stereocenters. The van der Waals surface area contributed by atoms with E-state index in [0.29, 0.717) is 5.56 Å². The zero-order chi connectivity index (χ0) is 21.8. The zero-order valence-corrected chi connectivity index (χ0v) is 15.5. The summed E-state index contributed by atoms with van der Waals surface area (Å²) in [4.78, 5) is 27.0. The van der Waals surface area contributed by atoms with Gasteiger partial charge < -0.3 is 5.73 Å². The van der Waals surface area contributed by atoms with Crippen LogP contribution >= 0.6 is 0 Å². The second-order valence-electron chi connectivity index (χ2n) is 5.96. The second-order valence-corrected chi connectivity index (χ2v) is 5.96. The number of carbonyl (C=O) groups excluding carboxylic acids is 1. The van der Waals surface area contributed by atoms with Crippen LogP contribution in [0.4, 0.5) is 11.5 Å². The molecule has 0 saturated heterocycles. The molecule has 3 aromatic heterocycles. The monoisotopic (exact) mass is 420 g/mol. The molecular formula is C17H12N10O4. The van der Waals surface area contributed by atoms with Gasteiger partial charge in [0.05, 0.1) is 11.1 Å². The van der Waals surface area contributed by atoms with E-state index in [1.807, 2.05) is 0 Å². The summed E-state index contributed by atoms with van der Waals surface area (Å²) < 4.78 is 5.74. The Morgan fingerprint density at radius 3 is 2.58 bits per heavy atom. The molecule has 14 heteroatoms. The Balaban J connectivity index is 1.71. The summed E-state index contributed by atoms with van der Waals surface area (Å²) in [6, 6.07) is 8.84. The van der Waals surface area contributed by atoms with Crippen molar-refractivity contribution in [3.05, 3.63) is 70.2 Å². The molecule has 3 N–H and O–H groups in total. The highest BCUT2D eigenvalue weighted by Gasteiger charge is 2.25. The minimum atomic E-state index is -0.681. The number of nitro benzene ring substituents is 1. The molecule has 3 heterocycles. The number of anilines is 1. The number of nitrogens with one attached hydrogen (secondary N) is 1. The van der Waals surface area contributed by atoms with E-state index in [1.54, 1.807) is 24.5 Å². The largest absolute Gasteiger partial charge is 0.378 e. The first-order chi connectivity index (χ1) is 15.0. The summed E-state index contributed by atoms with van der Waals surface area (Å²) in [5.41, 5.74) is 9.12. The summed E-state index contributed by atoms with van der Waals surface area (Å²) in [5, 5.41) is 29.8. The van der Waals surface area contributed by atoms with Crippen molar-refractivity contribution in [2.75, 3.05) is 5.73 Å². The first kappa shape index (κ1) is 19.3. The number of nitrogens with zero attached hydrogens (tertiary/aromatic N) is 8. The first-order valence-electron chi connectivity index (χ1n) is 8.57. The van der Waals surface area contributed by atoms with Crippen molar-refractivity contribution >= 4 is 23.6 Å². The van der Waals surface area contributed by atoms with Crippen molar-refractivity contribution < 1.29 is 14.3 Å². The smallest absolute Gasteiger partial charge is 0.294 e. The fourth-order valence-corrected chi connectivity index (χ4v) is 2.59. The van der Waals surface area contributed by atoms with Crippen LogP contribution in [0.25, 0.3) is 17.1 Å². The highest BCUT2D eigenvalue weighted by Crippen LogP contribution is 2.28. The molecule has 0 atom stereocenters. The lowest BCUT2D eigenvalue weighted by molar-refractivity contribution is -0.384. The van der Waals surface area contributed by atoms with Crippen molar-refractivity contribution in [1.29, 1.82) is 0 Å². The number of hydrogen-bond acceptors (Lipinski definition) is 11. The predicted molar refractivity (Wildman–Crippen MR) is 105 cm³/mol. The van der Waals surface area contributed by atoms with Crippen molar-refractivity contribution in [3.8, 4) is 17.1 Å². The van der Waals surface area contributed by atoms with E-state index in [1.165, 1.54) is 30.5 Å². The highest BCUT2D eigenvalue weighted by atomic mass is 16.6. The SMILES string of the molecule is Nc1nonc1-n1nnc(C(=O)N/N=C\c2ccncc2)c1-c1ccc([N+](=O)[O-])cc1. The lowest BCUT2D eigenvalue weighted by Gasteiger charge is -2.05. The number of aromatic nitrogens is 6. The maximum Gasteiger partial charge on any atom is 0.294 e. The van der Waals surface area contributed by atoms with Crippen LogP contribution < -0.4 is 11.2 Å². The molecule has 0 fully saturated rings. The molecule has 0 saturated carbocycles. The molecule has 0 spiro atoms. The Morgan fingerprint density at radius 2 is 1.94 bits per heavy atom. The molecule has 0 aliphatic rings. The summed E-state index contributed by atoms with van der Waals surface area (Å²) in [6.07, 6.45) is 4.59. The van der Waals surface area contributed by atoms with E-state index in [4.69, 9.17) is 5.73 Å². The van der Waals surface area contributed by atoms with Gasteiger partial charge in [-0.05, 0) is 40.1 Å². The number of nitrogens with two attached hydrogens (primary N) is 1. The quantitative estimate of drug-likeness (QED) is 0.258. The number of benzene rings is 1. The first-order valence-corrected chi connectivity index (χ1v) is 8.57. The van der Waals surface area contributed by atoms with Gasteiger partial charge in [-0.2, -0.15) is 9.78 Å². The summed E-state index contributed by atoms with van der Waals surface area (Å²) in [5.74, 6) is -0.768. The number of nitro groups is 1. The number of nitrogen functional groups attached to an aromatic ring is 1. The summed E-state index contributed by atoms with van der Waals surface area (Å²) in [7, 11) is 0. The van der Waals surface area contributed by atoms with Gasteiger partial charge in [0.2, 0.25) is 11.6 Å². The lowest BCUT2D eigenvalue weighted by Crippen LogP contribution is -2.19. The van der Waals surface area contributed by atoms with Crippen LogP contribution in [0, 0.1) is 10.1 Å². The number of hydrogen-bond donors (Lipinski definition) is 2. The van der Waals surface area contributed by atoms with Crippen molar-refractivity contribution in [3.63, 3.8) is 0 Å². The molecule has 31 heavy (non-hydrogen) atoms. The molecule has 0 bridgehead atoms. The minimum absolute atomic E-state index is 0.000176. The van der Waals surface area contributed by atoms with E-state index in [2.05, 4.69) is 40.8 Å². The second kappa shape index (κ2) is 8.16. The van der Waals surface area contributed by atoms with Crippen LogP contribution in [0.5, 0.6) is 0 Å². The standard InChI is InChI=1S/C17H12N10O4/c18-15-16(24-31-23-15)26-14(11-1-3-12(4-2-11)27(29)30)13(21-25-26)17(28)22-20-9-10-5-7-19-8-6-10/h1-9H,(H2,18,23)(H,22,28)/b20-9-. The average Bonchev–Trinajstić information content (AvgIpc) is 3.40. The molecule has 1 amide bonds. The van der Waals surface area contributed by atoms with Gasteiger partial charge in [0, 0.05) is 30.1 Å². The van der Waals surface area contributed by atoms with Crippen LogP contribution in [-0.4, -0.2) is 47.3 Å². The Kier molecular flexibility index (Phi) is 5.08. The van der Waals surface area contributed by atoms with Crippen molar-refractivity contribution in [2.24, 2.45) is 5.10 Å². The summed E-state index contributed by atoms with van der Waals surface area (Å²) >= 11 is 0.